The topological polar surface area (TPSA) is 90.8 Å². The second-order valence-electron chi connectivity index (χ2n) is 9.56. The van der Waals surface area contributed by atoms with E-state index in [-0.39, 0.29) is 24.0 Å². The summed E-state index contributed by atoms with van der Waals surface area (Å²) in [5.41, 5.74) is 2.80. The predicted octanol–water partition coefficient (Wildman–Crippen LogP) is 2.48. The van der Waals surface area contributed by atoms with Gasteiger partial charge in [-0.25, -0.2) is 9.97 Å². The number of nitrogens with zero attached hydrogens (tertiary/aromatic N) is 4. The first-order valence-electron chi connectivity index (χ1n) is 12.1. The molecule has 2 aromatic rings. The zero-order valence-corrected chi connectivity index (χ0v) is 20.2. The monoisotopic (exact) mass is 485 g/mol. The number of fused-ring (bicyclic) bond motifs is 1. The molecule has 2 fully saturated rings. The van der Waals surface area contributed by atoms with Crippen LogP contribution in [0.3, 0.4) is 0 Å². The third kappa shape index (κ3) is 4.70. The molecular weight excluding hydrogens is 454 g/mol. The number of piperazine rings is 1. The van der Waals surface area contributed by atoms with Crippen LogP contribution in [0.15, 0.2) is 30.6 Å². The number of halogens is 1. The molecule has 0 bridgehead atoms. The highest BCUT2D eigenvalue weighted by Gasteiger charge is 2.36. The number of aliphatic hydroxyl groups excluding tert-OH is 1. The molecule has 5 rings (SSSR count). The van der Waals surface area contributed by atoms with E-state index in [1.807, 2.05) is 24.3 Å². The molecule has 0 saturated carbocycles. The highest BCUT2D eigenvalue weighted by molar-refractivity contribution is 6.30. The number of hydrogen-bond acceptors (Lipinski definition) is 8. The Labute approximate surface area is 205 Å². The number of benzene rings is 1. The lowest BCUT2D eigenvalue weighted by Gasteiger charge is -2.43. The van der Waals surface area contributed by atoms with E-state index in [4.69, 9.17) is 16.3 Å². The molecule has 34 heavy (non-hydrogen) atoms. The van der Waals surface area contributed by atoms with Crippen molar-refractivity contribution in [3.8, 4) is 0 Å². The highest BCUT2D eigenvalue weighted by atomic mass is 35.5. The molecule has 2 saturated heterocycles. The normalized spacial score (nSPS) is 26.9. The van der Waals surface area contributed by atoms with Crippen LogP contribution >= 0.6 is 11.6 Å². The fourth-order valence-corrected chi connectivity index (χ4v) is 5.66. The number of rotatable bonds is 7. The van der Waals surface area contributed by atoms with Gasteiger partial charge in [0.05, 0.1) is 30.5 Å². The van der Waals surface area contributed by atoms with E-state index in [0.717, 1.165) is 68.1 Å². The van der Waals surface area contributed by atoms with Crippen molar-refractivity contribution in [2.45, 2.75) is 49.9 Å². The lowest BCUT2D eigenvalue weighted by molar-refractivity contribution is -0.111. The number of nitrogens with one attached hydrogen (secondary N) is 1. The third-order valence-electron chi connectivity index (χ3n) is 7.36. The Kier molecular flexibility index (Phi) is 7.13. The molecule has 1 aromatic heterocycles. The molecule has 2 N–H and O–H groups in total. The summed E-state index contributed by atoms with van der Waals surface area (Å²) in [7, 11) is 0. The van der Waals surface area contributed by atoms with E-state index in [9.17, 15) is 9.90 Å². The fraction of sp³-hybridized carbons (Fsp3) is 0.560. The Hall–Kier alpha value is -2.10. The first-order chi connectivity index (χ1) is 16.5. The summed E-state index contributed by atoms with van der Waals surface area (Å²) >= 11 is 6.10. The van der Waals surface area contributed by atoms with Gasteiger partial charge in [-0.2, -0.15) is 0 Å². The van der Waals surface area contributed by atoms with Crippen LogP contribution in [0.25, 0.3) is 0 Å². The molecule has 3 heterocycles. The SMILES string of the molecule is C[C@@H]1C[C@H](O)c2ncnc(N3CCN(C(N[C@@H]4CCOC4)C(C=O)c4ccc(Cl)cc4)CC3)c21. The minimum absolute atomic E-state index is 0.135. The summed E-state index contributed by atoms with van der Waals surface area (Å²) < 4.78 is 5.59. The number of ether oxygens (including phenoxy) is 1. The molecule has 2 unspecified atom stereocenters. The van der Waals surface area contributed by atoms with E-state index in [2.05, 4.69) is 32.0 Å². The lowest BCUT2D eigenvalue weighted by atomic mass is 9.95. The summed E-state index contributed by atoms with van der Waals surface area (Å²) in [6.45, 7) is 6.69. The first kappa shape index (κ1) is 23.6. The molecule has 8 nitrogen and oxygen atoms in total. The summed E-state index contributed by atoms with van der Waals surface area (Å²) in [5.74, 6) is 0.857. The lowest BCUT2D eigenvalue weighted by Crippen LogP contribution is -2.59. The zero-order chi connectivity index (χ0) is 23.7. The average Bonchev–Trinajstić information content (AvgIpc) is 3.48. The zero-order valence-electron chi connectivity index (χ0n) is 19.4. The summed E-state index contributed by atoms with van der Waals surface area (Å²) in [4.78, 5) is 26.0. The molecular formula is C25H32ClN5O3. The maximum Gasteiger partial charge on any atom is 0.135 e. The van der Waals surface area contributed by atoms with Gasteiger partial charge >= 0.3 is 0 Å². The van der Waals surface area contributed by atoms with Crippen LogP contribution in [-0.4, -0.2) is 77.9 Å². The van der Waals surface area contributed by atoms with Crippen molar-refractivity contribution in [3.05, 3.63) is 52.4 Å². The summed E-state index contributed by atoms with van der Waals surface area (Å²) in [6.07, 6.45) is 3.60. The smallest absolute Gasteiger partial charge is 0.135 e. The minimum atomic E-state index is -0.511. The number of aldehydes is 1. The molecule has 3 aliphatic rings. The van der Waals surface area contributed by atoms with Crippen LogP contribution in [0.4, 0.5) is 5.82 Å². The number of hydrogen-bond donors (Lipinski definition) is 2. The van der Waals surface area contributed by atoms with Gasteiger partial charge in [-0.3, -0.25) is 10.2 Å². The maximum absolute atomic E-state index is 12.3. The number of aliphatic hydroxyl groups is 1. The van der Waals surface area contributed by atoms with E-state index in [0.29, 0.717) is 18.1 Å². The van der Waals surface area contributed by atoms with Gasteiger partial charge in [-0.15, -0.1) is 0 Å². The van der Waals surface area contributed by atoms with Crippen LogP contribution in [0, 0.1) is 0 Å². The fourth-order valence-electron chi connectivity index (χ4n) is 5.53. The second kappa shape index (κ2) is 10.3. The third-order valence-corrected chi connectivity index (χ3v) is 7.62. The Morgan fingerprint density at radius 2 is 1.97 bits per heavy atom. The van der Waals surface area contributed by atoms with Crippen LogP contribution in [0.1, 0.15) is 54.5 Å². The van der Waals surface area contributed by atoms with Crippen LogP contribution < -0.4 is 10.2 Å². The van der Waals surface area contributed by atoms with Crippen molar-refractivity contribution in [1.82, 2.24) is 20.2 Å². The van der Waals surface area contributed by atoms with Crippen molar-refractivity contribution < 1.29 is 14.6 Å². The van der Waals surface area contributed by atoms with Gasteiger partial charge in [0.2, 0.25) is 0 Å². The van der Waals surface area contributed by atoms with E-state index >= 15 is 0 Å². The number of aromatic nitrogens is 2. The van der Waals surface area contributed by atoms with Crippen LogP contribution in [-0.2, 0) is 9.53 Å². The average molecular weight is 486 g/mol. The molecule has 0 amide bonds. The van der Waals surface area contributed by atoms with Gasteiger partial charge in [0.25, 0.3) is 0 Å². The molecule has 1 aromatic carbocycles. The van der Waals surface area contributed by atoms with Gasteiger partial charge in [0, 0.05) is 49.4 Å². The van der Waals surface area contributed by atoms with E-state index in [1.54, 1.807) is 6.33 Å². The van der Waals surface area contributed by atoms with Crippen LogP contribution in [0.2, 0.25) is 5.02 Å². The Morgan fingerprint density at radius 3 is 2.65 bits per heavy atom. The molecule has 1 aliphatic carbocycles. The van der Waals surface area contributed by atoms with Crippen molar-refractivity contribution in [2.24, 2.45) is 0 Å². The standard InChI is InChI=1S/C25H32ClN5O3/c1-16-12-21(33)23-22(16)25(28-15-27-23)31-9-7-30(8-10-31)24(29-19-6-11-34-14-19)20(13-32)17-2-4-18(26)5-3-17/h2-5,13,15-16,19-21,24,29,33H,6-12,14H2,1H3/t16-,19-,20?,21+,24?/m1/s1. The Bertz CT molecular complexity index is 993. The largest absolute Gasteiger partial charge is 0.387 e. The van der Waals surface area contributed by atoms with Crippen molar-refractivity contribution in [2.75, 3.05) is 44.3 Å². The van der Waals surface area contributed by atoms with Gasteiger partial charge in [0.1, 0.15) is 18.4 Å². The van der Waals surface area contributed by atoms with Crippen molar-refractivity contribution >= 4 is 23.7 Å². The second-order valence-corrected chi connectivity index (χ2v) is 9.99. The number of anilines is 1. The van der Waals surface area contributed by atoms with Crippen molar-refractivity contribution in [1.29, 1.82) is 0 Å². The van der Waals surface area contributed by atoms with Gasteiger partial charge in [0.15, 0.2) is 0 Å². The first-order valence-corrected chi connectivity index (χ1v) is 12.5. The number of carbonyl (C=O) groups excluding carboxylic acids is 1. The molecule has 0 spiro atoms. The Morgan fingerprint density at radius 1 is 1.21 bits per heavy atom. The number of carbonyl (C=O) groups is 1. The van der Waals surface area contributed by atoms with Crippen molar-refractivity contribution in [3.63, 3.8) is 0 Å². The molecule has 9 heteroatoms. The van der Waals surface area contributed by atoms with Gasteiger partial charge in [-0.05, 0) is 36.5 Å². The highest BCUT2D eigenvalue weighted by Crippen LogP contribution is 2.42. The van der Waals surface area contributed by atoms with Gasteiger partial charge in [-0.1, -0.05) is 30.7 Å². The minimum Gasteiger partial charge on any atom is -0.387 e. The predicted molar refractivity (Wildman–Crippen MR) is 130 cm³/mol. The maximum atomic E-state index is 12.3. The summed E-state index contributed by atoms with van der Waals surface area (Å²) in [5, 5.41) is 14.7. The molecule has 5 atom stereocenters. The molecule has 0 radical (unpaired) electrons. The molecule has 2 aliphatic heterocycles. The van der Waals surface area contributed by atoms with E-state index < -0.39 is 6.10 Å². The van der Waals surface area contributed by atoms with Crippen LogP contribution in [0.5, 0.6) is 0 Å². The Balaban J connectivity index is 1.35. The summed E-state index contributed by atoms with van der Waals surface area (Å²) in [6, 6.07) is 7.78. The van der Waals surface area contributed by atoms with Gasteiger partial charge < -0.3 is 19.5 Å². The quantitative estimate of drug-likeness (QED) is 0.578. The molecule has 182 valence electrons. The van der Waals surface area contributed by atoms with E-state index in [1.165, 1.54) is 0 Å².